The molecular formula is C56H76F4N8O9. The summed E-state index contributed by atoms with van der Waals surface area (Å²) < 4.78 is 71.1. The summed E-state index contributed by atoms with van der Waals surface area (Å²) in [4.78, 5) is 82.1. The van der Waals surface area contributed by atoms with E-state index in [-0.39, 0.29) is 51.5 Å². The van der Waals surface area contributed by atoms with E-state index in [4.69, 9.17) is 20.9 Å². The van der Waals surface area contributed by atoms with Crippen LogP contribution in [0.15, 0.2) is 54.6 Å². The lowest BCUT2D eigenvalue weighted by atomic mass is 9.87. The SMILES string of the molecule is CCCCCc1cc2c(CCCCCNC(=O)OCc3ccc(NC(=O)[C@H](CCCNC(N)=O)NC(=O)[C@@H](NC(=O)C(C)(C)CCOC(C)(C)CCC(=O)Oc4c(F)c(F)cc(F)c4F)C(C)C)cc3)cccc2nc1N. The normalized spacial score (nSPS) is 12.4. The molecular weight excluding hydrogens is 1000 g/mol. The quantitative estimate of drug-likeness (QED) is 0.00821. The standard InChI is InChI=1S/C56H76F4N8O9/c1-8-9-11-17-37-31-39-36(18-14-19-42(39)66-49(37)61)16-12-10-13-28-64-54(74)75-33-35-21-23-38(24-22-35)65-50(70)43(20-15-29-63-53(62)73)67-51(71)47(34(2)3)68-52(72)55(4,5)27-30-76-56(6,7)26-25-44(69)77-48-45(59)40(57)32-41(58)46(48)60/h14,18-19,21-24,31-32,34,43,47H,8-13,15-17,20,25-30,33H2,1-7H3,(H2,61,66)(H,64,74)(H,65,70)(H,67,71)(H,68,72)(H3,62,63,73)/t43-,47-/m0/s1. The third kappa shape index (κ3) is 20.5. The van der Waals surface area contributed by atoms with E-state index >= 15 is 0 Å². The van der Waals surface area contributed by atoms with Crippen molar-refractivity contribution in [1.29, 1.82) is 0 Å². The summed E-state index contributed by atoms with van der Waals surface area (Å²) in [6, 6.07) is 12.0. The topological polar surface area (TPSA) is 255 Å². The monoisotopic (exact) mass is 1080 g/mol. The fourth-order valence-electron chi connectivity index (χ4n) is 8.11. The molecule has 0 saturated heterocycles. The van der Waals surface area contributed by atoms with Crippen LogP contribution < -0.4 is 42.8 Å². The molecule has 17 nitrogen and oxygen atoms in total. The minimum Gasteiger partial charge on any atom is -0.445 e. The lowest BCUT2D eigenvalue weighted by Gasteiger charge is -2.31. The molecule has 0 aliphatic rings. The number of carbonyl (C=O) groups excluding carboxylic acids is 6. The van der Waals surface area contributed by atoms with E-state index in [1.807, 2.05) is 12.1 Å². The van der Waals surface area contributed by atoms with E-state index in [1.165, 1.54) is 5.56 Å². The van der Waals surface area contributed by atoms with Gasteiger partial charge in [0.25, 0.3) is 0 Å². The molecule has 3 aromatic carbocycles. The minimum absolute atomic E-state index is 0.00479. The molecule has 0 bridgehead atoms. The van der Waals surface area contributed by atoms with Gasteiger partial charge >= 0.3 is 18.1 Å². The highest BCUT2D eigenvalue weighted by Crippen LogP contribution is 2.29. The van der Waals surface area contributed by atoms with Crippen molar-refractivity contribution < 1.29 is 60.5 Å². The number of ether oxygens (including phenoxy) is 3. The van der Waals surface area contributed by atoms with E-state index in [9.17, 15) is 46.3 Å². The summed E-state index contributed by atoms with van der Waals surface area (Å²) in [7, 11) is 0. The number of nitrogens with zero attached hydrogens (tertiary/aromatic N) is 1. The van der Waals surface area contributed by atoms with Crippen LogP contribution in [0, 0.1) is 34.6 Å². The zero-order valence-electron chi connectivity index (χ0n) is 45.2. The van der Waals surface area contributed by atoms with Crippen LogP contribution in [0.5, 0.6) is 5.75 Å². The molecule has 21 heteroatoms. The Morgan fingerprint density at radius 1 is 0.753 bits per heavy atom. The largest absolute Gasteiger partial charge is 0.445 e. The van der Waals surface area contributed by atoms with Gasteiger partial charge in [0, 0.05) is 48.7 Å². The van der Waals surface area contributed by atoms with Gasteiger partial charge in [-0.2, -0.15) is 8.78 Å². The fourth-order valence-corrected chi connectivity index (χ4v) is 8.11. The van der Waals surface area contributed by atoms with Crippen molar-refractivity contribution in [3.8, 4) is 5.75 Å². The van der Waals surface area contributed by atoms with Crippen molar-refractivity contribution in [3.63, 3.8) is 0 Å². The van der Waals surface area contributed by atoms with Gasteiger partial charge in [-0.25, -0.2) is 23.4 Å². The Bertz CT molecular complexity index is 2630. The number of aromatic nitrogens is 1. The first-order valence-electron chi connectivity index (χ1n) is 26.2. The number of carbonyl (C=O) groups is 6. The van der Waals surface area contributed by atoms with Gasteiger partial charge in [0.2, 0.25) is 35.1 Å². The number of nitrogen functional groups attached to an aromatic ring is 1. The Labute approximate surface area is 448 Å². The third-order valence-corrected chi connectivity index (χ3v) is 13.0. The number of anilines is 2. The highest BCUT2D eigenvalue weighted by Gasteiger charge is 2.35. The van der Waals surface area contributed by atoms with Crippen LogP contribution in [0.2, 0.25) is 0 Å². The number of aryl methyl sites for hydroxylation is 2. The molecule has 0 radical (unpaired) electrons. The number of fused-ring (bicyclic) bond motifs is 1. The van der Waals surface area contributed by atoms with Crippen molar-refractivity contribution >= 4 is 58.2 Å². The third-order valence-electron chi connectivity index (χ3n) is 13.0. The van der Waals surface area contributed by atoms with Gasteiger partial charge < -0.3 is 52.3 Å². The molecule has 1 heterocycles. The van der Waals surface area contributed by atoms with Crippen LogP contribution in [0.3, 0.4) is 0 Å². The smallest absolute Gasteiger partial charge is 0.407 e. The number of esters is 1. The molecule has 0 saturated carbocycles. The first-order valence-corrected chi connectivity index (χ1v) is 26.2. The fraction of sp³-hybridized carbons (Fsp3) is 0.518. The highest BCUT2D eigenvalue weighted by molar-refractivity contribution is 5.98. The van der Waals surface area contributed by atoms with Crippen LogP contribution in [0.25, 0.3) is 10.9 Å². The number of pyridine rings is 1. The first-order chi connectivity index (χ1) is 36.4. The van der Waals surface area contributed by atoms with E-state index in [0.29, 0.717) is 23.6 Å². The number of hydrogen-bond acceptors (Lipinski definition) is 11. The zero-order chi connectivity index (χ0) is 56.9. The Morgan fingerprint density at radius 3 is 2.08 bits per heavy atom. The van der Waals surface area contributed by atoms with E-state index in [1.54, 1.807) is 65.8 Å². The highest BCUT2D eigenvalue weighted by atomic mass is 19.2. The Hall–Kier alpha value is -7.03. The van der Waals surface area contributed by atoms with Crippen LogP contribution >= 0.6 is 0 Å². The average Bonchev–Trinajstić information content (AvgIpc) is 3.37. The van der Waals surface area contributed by atoms with Gasteiger partial charge in [0.1, 0.15) is 24.5 Å². The summed E-state index contributed by atoms with van der Waals surface area (Å²) >= 11 is 0. The number of halogens is 4. The number of amides is 6. The Kier molecular flexibility index (Phi) is 24.4. The second-order valence-electron chi connectivity index (χ2n) is 20.7. The molecule has 422 valence electrons. The molecule has 1 aromatic heterocycles. The summed E-state index contributed by atoms with van der Waals surface area (Å²) in [5.74, 6) is -11.4. The number of unbranched alkanes of at least 4 members (excludes halogenated alkanes) is 4. The molecule has 0 aliphatic heterocycles. The van der Waals surface area contributed by atoms with Crippen LogP contribution in [-0.2, 0) is 48.1 Å². The molecule has 2 atom stereocenters. The maximum atomic E-state index is 14.0. The van der Waals surface area contributed by atoms with E-state index in [0.717, 1.165) is 67.8 Å². The number of benzene rings is 3. The molecule has 77 heavy (non-hydrogen) atoms. The zero-order valence-corrected chi connectivity index (χ0v) is 45.2. The number of alkyl carbamates (subject to hydrolysis) is 1. The molecule has 0 fully saturated rings. The number of urea groups is 1. The van der Waals surface area contributed by atoms with Crippen molar-refractivity contribution in [2.24, 2.45) is 17.1 Å². The van der Waals surface area contributed by atoms with Gasteiger partial charge in [-0.15, -0.1) is 0 Å². The molecule has 6 amide bonds. The molecule has 9 N–H and O–H groups in total. The number of hydrogen-bond donors (Lipinski definition) is 7. The lowest BCUT2D eigenvalue weighted by Crippen LogP contribution is -2.56. The lowest BCUT2D eigenvalue weighted by molar-refractivity contribution is -0.138. The second kappa shape index (κ2) is 30.1. The van der Waals surface area contributed by atoms with Crippen molar-refractivity contribution in [1.82, 2.24) is 26.3 Å². The van der Waals surface area contributed by atoms with Gasteiger partial charge in [0.15, 0.2) is 11.6 Å². The molecule has 0 spiro atoms. The maximum Gasteiger partial charge on any atom is 0.407 e. The summed E-state index contributed by atoms with van der Waals surface area (Å²) in [6.07, 6.45) is 7.21. The predicted octanol–water partition coefficient (Wildman–Crippen LogP) is 9.36. The van der Waals surface area contributed by atoms with Gasteiger partial charge in [0.05, 0.1) is 11.1 Å². The van der Waals surface area contributed by atoms with Gasteiger partial charge in [-0.05, 0) is 119 Å². The number of primary amides is 1. The van der Waals surface area contributed by atoms with Crippen molar-refractivity contribution in [3.05, 3.63) is 94.6 Å². The summed E-state index contributed by atoms with van der Waals surface area (Å²) in [5.41, 5.74) is 13.6. The minimum atomic E-state index is -1.85. The molecule has 0 aliphatic carbocycles. The number of rotatable bonds is 31. The Morgan fingerprint density at radius 2 is 1.42 bits per heavy atom. The van der Waals surface area contributed by atoms with Crippen molar-refractivity contribution in [2.75, 3.05) is 30.7 Å². The average molecular weight is 1080 g/mol. The summed E-state index contributed by atoms with van der Waals surface area (Å²) in [6.45, 7) is 12.7. The van der Waals surface area contributed by atoms with Crippen LogP contribution in [0.4, 0.5) is 38.7 Å². The van der Waals surface area contributed by atoms with Crippen molar-refractivity contribution in [2.45, 2.75) is 156 Å². The van der Waals surface area contributed by atoms with E-state index in [2.05, 4.69) is 55.4 Å². The number of nitrogens with one attached hydrogen (secondary N) is 5. The second-order valence-corrected chi connectivity index (χ2v) is 20.7. The van der Waals surface area contributed by atoms with Gasteiger partial charge in [-0.1, -0.05) is 78.1 Å². The maximum absolute atomic E-state index is 14.0. The molecule has 0 unspecified atom stereocenters. The van der Waals surface area contributed by atoms with Crippen LogP contribution in [-0.4, -0.2) is 78.2 Å². The van der Waals surface area contributed by atoms with E-state index < -0.39 is 100 Å². The summed E-state index contributed by atoms with van der Waals surface area (Å²) in [5, 5.41) is 14.7. The first kappa shape index (κ1) is 62.5. The number of nitrogens with two attached hydrogens (primary N) is 2. The van der Waals surface area contributed by atoms with Crippen LogP contribution in [0.1, 0.15) is 136 Å². The Balaban J connectivity index is 1.23. The predicted molar refractivity (Wildman–Crippen MR) is 285 cm³/mol. The molecule has 4 aromatic rings. The molecule has 4 rings (SSSR count). The van der Waals surface area contributed by atoms with Gasteiger partial charge in [-0.3, -0.25) is 19.2 Å².